The van der Waals surface area contributed by atoms with Crippen molar-refractivity contribution in [3.05, 3.63) is 27.1 Å². The van der Waals surface area contributed by atoms with E-state index in [1.54, 1.807) is 11.3 Å². The van der Waals surface area contributed by atoms with Crippen LogP contribution in [0.4, 0.5) is 0 Å². The highest BCUT2D eigenvalue weighted by atomic mass is 32.1. The molecule has 23 heavy (non-hydrogen) atoms. The van der Waals surface area contributed by atoms with Crippen LogP contribution in [0.5, 0.6) is 0 Å². The summed E-state index contributed by atoms with van der Waals surface area (Å²) < 4.78 is 1.44. The zero-order valence-electron chi connectivity index (χ0n) is 13.7. The number of rotatable bonds is 5. The normalized spacial score (nSPS) is 15.4. The first-order valence-electron chi connectivity index (χ1n) is 8.39. The van der Waals surface area contributed by atoms with E-state index in [2.05, 4.69) is 17.2 Å². The summed E-state index contributed by atoms with van der Waals surface area (Å²) in [7, 11) is 0. The maximum atomic E-state index is 12.8. The Balaban J connectivity index is 1.86. The molecular formula is C17H23N3O2S. The minimum Gasteiger partial charge on any atom is -0.352 e. The van der Waals surface area contributed by atoms with Crippen molar-refractivity contribution in [3.8, 4) is 0 Å². The molecule has 5 nitrogen and oxygen atoms in total. The highest BCUT2D eigenvalue weighted by Crippen LogP contribution is 2.33. The number of carbonyl (C=O) groups is 1. The number of nitrogens with zero attached hydrogens (tertiary/aromatic N) is 2. The Labute approximate surface area is 139 Å². The van der Waals surface area contributed by atoms with Gasteiger partial charge in [0.25, 0.3) is 5.56 Å². The van der Waals surface area contributed by atoms with Gasteiger partial charge in [-0.15, -0.1) is 11.3 Å². The molecule has 1 aliphatic rings. The Hall–Kier alpha value is -1.69. The average Bonchev–Trinajstić information content (AvgIpc) is 2.89. The van der Waals surface area contributed by atoms with Gasteiger partial charge < -0.3 is 5.32 Å². The molecule has 0 aromatic carbocycles. The lowest BCUT2D eigenvalue weighted by atomic mass is 9.97. The van der Waals surface area contributed by atoms with Crippen molar-refractivity contribution >= 4 is 27.5 Å². The van der Waals surface area contributed by atoms with Crippen LogP contribution in [0.2, 0.25) is 0 Å². The molecule has 0 radical (unpaired) electrons. The van der Waals surface area contributed by atoms with Crippen LogP contribution in [0, 0.1) is 0 Å². The number of amides is 1. The van der Waals surface area contributed by atoms with Gasteiger partial charge in [0.15, 0.2) is 0 Å². The predicted octanol–water partition coefficient (Wildman–Crippen LogP) is 2.64. The molecule has 0 bridgehead atoms. The maximum absolute atomic E-state index is 12.8. The summed E-state index contributed by atoms with van der Waals surface area (Å²) in [6, 6.07) is 0.133. The first-order chi connectivity index (χ1) is 11.1. The summed E-state index contributed by atoms with van der Waals surface area (Å²) >= 11 is 1.63. The summed E-state index contributed by atoms with van der Waals surface area (Å²) in [6.07, 6.45) is 7.79. The standard InChI is InChI=1S/C17H23N3O2S/c1-3-6-11(2)19-14(21)9-20-10-18-16-15(17(20)22)12-7-4-5-8-13(12)23-16/h10-11H,3-9H2,1-2H3,(H,19,21)/t11-/m0/s1. The molecule has 1 aliphatic carbocycles. The number of carbonyl (C=O) groups excluding carboxylic acids is 1. The molecule has 0 aliphatic heterocycles. The zero-order chi connectivity index (χ0) is 16.4. The minimum absolute atomic E-state index is 0.0421. The van der Waals surface area contributed by atoms with E-state index in [-0.39, 0.29) is 24.1 Å². The summed E-state index contributed by atoms with van der Waals surface area (Å²) in [5.74, 6) is -0.127. The van der Waals surface area contributed by atoms with E-state index >= 15 is 0 Å². The Morgan fingerprint density at radius 1 is 1.43 bits per heavy atom. The molecule has 6 heteroatoms. The lowest BCUT2D eigenvalue weighted by Gasteiger charge is -2.13. The van der Waals surface area contributed by atoms with Gasteiger partial charge in [-0.3, -0.25) is 14.2 Å². The second-order valence-corrected chi connectivity index (χ2v) is 7.41. The molecule has 0 fully saturated rings. The van der Waals surface area contributed by atoms with Crippen molar-refractivity contribution in [1.82, 2.24) is 14.9 Å². The van der Waals surface area contributed by atoms with Crippen LogP contribution in [0.3, 0.4) is 0 Å². The van der Waals surface area contributed by atoms with Crippen LogP contribution in [0.1, 0.15) is 50.0 Å². The van der Waals surface area contributed by atoms with Crippen LogP contribution in [-0.4, -0.2) is 21.5 Å². The number of thiophene rings is 1. The van der Waals surface area contributed by atoms with Crippen LogP contribution in [0.25, 0.3) is 10.2 Å². The monoisotopic (exact) mass is 333 g/mol. The topological polar surface area (TPSA) is 64.0 Å². The third-order valence-corrected chi connectivity index (χ3v) is 5.58. The summed E-state index contributed by atoms with van der Waals surface area (Å²) in [4.78, 5) is 31.4. The number of nitrogens with one attached hydrogen (secondary N) is 1. The maximum Gasteiger partial charge on any atom is 0.262 e. The van der Waals surface area contributed by atoms with Crippen molar-refractivity contribution < 1.29 is 4.79 Å². The van der Waals surface area contributed by atoms with E-state index < -0.39 is 0 Å². The third kappa shape index (κ3) is 3.32. The Morgan fingerprint density at radius 3 is 3.00 bits per heavy atom. The van der Waals surface area contributed by atoms with E-state index in [4.69, 9.17) is 0 Å². The summed E-state index contributed by atoms with van der Waals surface area (Å²) in [5.41, 5.74) is 1.09. The van der Waals surface area contributed by atoms with Crippen LogP contribution in [-0.2, 0) is 24.2 Å². The molecule has 3 rings (SSSR count). The molecule has 0 saturated heterocycles. The quantitative estimate of drug-likeness (QED) is 0.915. The van der Waals surface area contributed by atoms with Crippen LogP contribution < -0.4 is 10.9 Å². The third-order valence-electron chi connectivity index (χ3n) is 4.38. The fourth-order valence-corrected chi connectivity index (χ4v) is 4.49. The number of aromatic nitrogens is 2. The number of hydrogen-bond acceptors (Lipinski definition) is 4. The fraction of sp³-hybridized carbons (Fsp3) is 0.588. The Morgan fingerprint density at radius 2 is 2.22 bits per heavy atom. The first-order valence-corrected chi connectivity index (χ1v) is 9.20. The van der Waals surface area contributed by atoms with Crippen LogP contribution >= 0.6 is 11.3 Å². The van der Waals surface area contributed by atoms with Gasteiger partial charge in [-0.1, -0.05) is 13.3 Å². The minimum atomic E-state index is -0.127. The van der Waals surface area contributed by atoms with Crippen molar-refractivity contribution in [3.63, 3.8) is 0 Å². The van der Waals surface area contributed by atoms with Gasteiger partial charge in [-0.25, -0.2) is 4.98 Å². The number of aryl methyl sites for hydroxylation is 2. The summed E-state index contributed by atoms with van der Waals surface area (Å²) in [5, 5.41) is 3.67. The molecule has 0 unspecified atom stereocenters. The van der Waals surface area contributed by atoms with E-state index in [9.17, 15) is 9.59 Å². The Bertz CT molecular complexity index is 778. The molecule has 1 atom stereocenters. The van der Waals surface area contributed by atoms with Gasteiger partial charge in [0.05, 0.1) is 11.7 Å². The van der Waals surface area contributed by atoms with Crippen molar-refractivity contribution in [2.45, 2.75) is 65.0 Å². The van der Waals surface area contributed by atoms with Gasteiger partial charge in [0, 0.05) is 10.9 Å². The summed E-state index contributed by atoms with van der Waals surface area (Å²) in [6.45, 7) is 4.12. The second-order valence-electron chi connectivity index (χ2n) is 6.33. The first kappa shape index (κ1) is 16.2. The van der Waals surface area contributed by atoms with Crippen molar-refractivity contribution in [2.24, 2.45) is 0 Å². The second kappa shape index (κ2) is 6.83. The lowest BCUT2D eigenvalue weighted by molar-refractivity contribution is -0.122. The SMILES string of the molecule is CCC[C@H](C)NC(=O)Cn1cnc2sc3c(c2c1=O)CCCC3. The van der Waals surface area contributed by atoms with Crippen LogP contribution in [0.15, 0.2) is 11.1 Å². The Kier molecular flexibility index (Phi) is 4.80. The highest BCUT2D eigenvalue weighted by molar-refractivity contribution is 7.18. The average molecular weight is 333 g/mol. The fourth-order valence-electron chi connectivity index (χ4n) is 3.27. The molecular weight excluding hydrogens is 310 g/mol. The molecule has 2 aromatic rings. The van der Waals surface area contributed by atoms with Crippen molar-refractivity contribution in [1.29, 1.82) is 0 Å². The molecule has 124 valence electrons. The molecule has 0 saturated carbocycles. The molecule has 2 heterocycles. The smallest absolute Gasteiger partial charge is 0.262 e. The van der Waals surface area contributed by atoms with Crippen molar-refractivity contribution in [2.75, 3.05) is 0 Å². The van der Waals surface area contributed by atoms with Gasteiger partial charge in [-0.2, -0.15) is 0 Å². The molecule has 0 spiro atoms. The zero-order valence-corrected chi connectivity index (χ0v) is 14.5. The van der Waals surface area contributed by atoms with Gasteiger partial charge >= 0.3 is 0 Å². The molecule has 1 amide bonds. The van der Waals surface area contributed by atoms with Gasteiger partial charge in [0.2, 0.25) is 5.91 Å². The van der Waals surface area contributed by atoms with E-state index in [0.717, 1.165) is 42.3 Å². The predicted molar refractivity (Wildman–Crippen MR) is 93.0 cm³/mol. The highest BCUT2D eigenvalue weighted by Gasteiger charge is 2.20. The van der Waals surface area contributed by atoms with E-state index in [0.29, 0.717) is 0 Å². The van der Waals surface area contributed by atoms with Gasteiger partial charge in [-0.05, 0) is 44.6 Å². The van der Waals surface area contributed by atoms with Gasteiger partial charge in [0.1, 0.15) is 11.4 Å². The lowest BCUT2D eigenvalue weighted by Crippen LogP contribution is -2.37. The van der Waals surface area contributed by atoms with E-state index in [1.165, 1.54) is 27.8 Å². The molecule has 2 aromatic heterocycles. The largest absolute Gasteiger partial charge is 0.352 e. The molecule has 1 N–H and O–H groups in total. The number of hydrogen-bond donors (Lipinski definition) is 1. The number of fused-ring (bicyclic) bond motifs is 3. The van der Waals surface area contributed by atoms with E-state index in [1.807, 2.05) is 6.92 Å².